The normalized spacial score (nSPS) is 11.7. The maximum Gasteiger partial charge on any atom is 0.216 e. The minimum Gasteiger partial charge on any atom is -0.316 e. The Bertz CT molecular complexity index is 676. The van der Waals surface area contributed by atoms with Crippen LogP contribution in [-0.2, 0) is 28.9 Å². The van der Waals surface area contributed by atoms with E-state index in [1.54, 1.807) is 11.3 Å². The van der Waals surface area contributed by atoms with E-state index in [1.807, 2.05) is 50.4 Å². The van der Waals surface area contributed by atoms with Crippen molar-refractivity contribution in [2.24, 2.45) is 0 Å². The summed E-state index contributed by atoms with van der Waals surface area (Å²) in [6.07, 6.45) is 0. The van der Waals surface area contributed by atoms with Gasteiger partial charge in [-0.25, -0.2) is 13.1 Å². The highest BCUT2D eigenvalue weighted by Crippen LogP contribution is 2.15. The molecule has 21 heavy (non-hydrogen) atoms. The van der Waals surface area contributed by atoms with Crippen LogP contribution < -0.4 is 10.0 Å². The second-order valence-corrected chi connectivity index (χ2v) is 8.12. The molecule has 114 valence electrons. The van der Waals surface area contributed by atoms with Gasteiger partial charge in [-0.3, -0.25) is 0 Å². The van der Waals surface area contributed by atoms with Crippen LogP contribution in [0.5, 0.6) is 0 Å². The summed E-state index contributed by atoms with van der Waals surface area (Å²) in [6.45, 7) is 3.15. The highest BCUT2D eigenvalue weighted by atomic mass is 32.2. The third-order valence-corrected chi connectivity index (χ3v) is 5.32. The molecule has 0 aliphatic rings. The van der Waals surface area contributed by atoms with Crippen LogP contribution in [0.1, 0.15) is 20.9 Å². The molecule has 0 aliphatic heterocycles. The number of aryl methyl sites for hydroxylation is 1. The highest BCUT2D eigenvalue weighted by Gasteiger charge is 2.11. The van der Waals surface area contributed by atoms with E-state index in [0.717, 1.165) is 22.5 Å². The summed E-state index contributed by atoms with van der Waals surface area (Å²) >= 11 is 1.61. The van der Waals surface area contributed by atoms with Crippen LogP contribution in [0.3, 0.4) is 0 Å². The molecule has 0 spiro atoms. The second-order valence-electron chi connectivity index (χ2n) is 4.94. The van der Waals surface area contributed by atoms with E-state index in [1.165, 1.54) is 4.88 Å². The molecule has 0 saturated carbocycles. The van der Waals surface area contributed by atoms with Crippen molar-refractivity contribution < 1.29 is 8.42 Å². The minimum absolute atomic E-state index is 0.0111. The van der Waals surface area contributed by atoms with Crippen LogP contribution in [0.4, 0.5) is 0 Å². The van der Waals surface area contributed by atoms with Gasteiger partial charge in [-0.15, -0.1) is 11.3 Å². The van der Waals surface area contributed by atoms with Crippen LogP contribution in [0.25, 0.3) is 0 Å². The summed E-state index contributed by atoms with van der Waals surface area (Å²) in [7, 11) is -1.42. The largest absolute Gasteiger partial charge is 0.316 e. The molecule has 2 rings (SSSR count). The average molecular weight is 324 g/mol. The van der Waals surface area contributed by atoms with Gasteiger partial charge in [0.1, 0.15) is 0 Å². The molecule has 0 unspecified atom stereocenters. The van der Waals surface area contributed by atoms with E-state index >= 15 is 0 Å². The van der Waals surface area contributed by atoms with Gasteiger partial charge in [-0.2, -0.15) is 0 Å². The van der Waals surface area contributed by atoms with Crippen LogP contribution in [0, 0.1) is 6.92 Å². The zero-order valence-electron chi connectivity index (χ0n) is 12.2. The molecule has 4 nitrogen and oxygen atoms in total. The fraction of sp³-hybridized carbons (Fsp3) is 0.333. The maximum absolute atomic E-state index is 12.1. The van der Waals surface area contributed by atoms with Crippen molar-refractivity contribution in [1.82, 2.24) is 10.0 Å². The molecule has 0 aliphatic carbocycles. The molecule has 0 radical (unpaired) electrons. The van der Waals surface area contributed by atoms with E-state index in [0.29, 0.717) is 6.54 Å². The number of benzene rings is 1. The highest BCUT2D eigenvalue weighted by molar-refractivity contribution is 7.88. The predicted molar refractivity (Wildman–Crippen MR) is 87.7 cm³/mol. The Morgan fingerprint density at radius 3 is 2.24 bits per heavy atom. The van der Waals surface area contributed by atoms with Gasteiger partial charge in [0.25, 0.3) is 0 Å². The van der Waals surface area contributed by atoms with Crippen molar-refractivity contribution in [3.63, 3.8) is 0 Å². The Balaban J connectivity index is 1.93. The lowest BCUT2D eigenvalue weighted by atomic mass is 10.1. The molecule has 6 heteroatoms. The molecule has 0 amide bonds. The fourth-order valence-corrected chi connectivity index (χ4v) is 4.02. The van der Waals surface area contributed by atoms with Gasteiger partial charge in [0.15, 0.2) is 0 Å². The summed E-state index contributed by atoms with van der Waals surface area (Å²) in [6, 6.07) is 11.6. The first-order chi connectivity index (χ1) is 9.98. The lowest BCUT2D eigenvalue weighted by Crippen LogP contribution is -2.24. The first-order valence-electron chi connectivity index (χ1n) is 6.73. The van der Waals surface area contributed by atoms with Crippen LogP contribution in [0.15, 0.2) is 36.4 Å². The van der Waals surface area contributed by atoms with Crippen molar-refractivity contribution in [1.29, 1.82) is 0 Å². The van der Waals surface area contributed by atoms with Gasteiger partial charge < -0.3 is 5.32 Å². The summed E-state index contributed by atoms with van der Waals surface area (Å²) in [5.74, 6) is 0.0111. The Kier molecular flexibility index (Phi) is 5.52. The van der Waals surface area contributed by atoms with Gasteiger partial charge in [0.05, 0.1) is 5.75 Å². The minimum atomic E-state index is -3.31. The van der Waals surface area contributed by atoms with Crippen molar-refractivity contribution in [2.75, 3.05) is 7.05 Å². The molecule has 1 heterocycles. The first-order valence-corrected chi connectivity index (χ1v) is 9.20. The van der Waals surface area contributed by atoms with Crippen LogP contribution >= 0.6 is 11.3 Å². The number of rotatable bonds is 7. The molecule has 1 aromatic heterocycles. The number of hydrogen-bond donors (Lipinski definition) is 2. The smallest absolute Gasteiger partial charge is 0.216 e. The molecule has 0 atom stereocenters. The number of hydrogen-bond acceptors (Lipinski definition) is 4. The van der Waals surface area contributed by atoms with E-state index in [2.05, 4.69) is 10.0 Å². The summed E-state index contributed by atoms with van der Waals surface area (Å²) < 4.78 is 26.8. The Hall–Kier alpha value is -1.21. The molecule has 0 saturated heterocycles. The molecular weight excluding hydrogens is 304 g/mol. The SMILES string of the molecule is CNCc1ccc(CS(=O)(=O)NCc2ccc(C)s2)cc1. The third-order valence-electron chi connectivity index (χ3n) is 3.02. The molecular formula is C15H20N2O2S2. The predicted octanol–water partition coefficient (Wildman–Crippen LogP) is 2.40. The molecule has 2 N–H and O–H groups in total. The van der Waals surface area contributed by atoms with Gasteiger partial charge in [-0.05, 0) is 37.2 Å². The third kappa shape index (κ3) is 5.24. The van der Waals surface area contributed by atoms with E-state index < -0.39 is 10.0 Å². The van der Waals surface area contributed by atoms with E-state index in [9.17, 15) is 8.42 Å². The quantitative estimate of drug-likeness (QED) is 0.822. The monoisotopic (exact) mass is 324 g/mol. The van der Waals surface area contributed by atoms with Crippen LogP contribution in [0.2, 0.25) is 0 Å². The summed E-state index contributed by atoms with van der Waals surface area (Å²) in [5, 5.41) is 3.06. The summed E-state index contributed by atoms with van der Waals surface area (Å²) in [5.41, 5.74) is 1.94. The molecule has 0 bridgehead atoms. The van der Waals surface area contributed by atoms with Gasteiger partial charge in [-0.1, -0.05) is 24.3 Å². The molecule has 1 aromatic carbocycles. The topological polar surface area (TPSA) is 58.2 Å². The summed E-state index contributed by atoms with van der Waals surface area (Å²) in [4.78, 5) is 2.21. The molecule has 0 fully saturated rings. The standard InChI is InChI=1S/C15H20N2O2S2/c1-12-3-8-15(20-12)10-17-21(18,19)11-14-6-4-13(5-7-14)9-16-2/h3-8,16-17H,9-11H2,1-2H3. The van der Waals surface area contributed by atoms with Crippen molar-refractivity contribution in [2.45, 2.75) is 25.8 Å². The fourth-order valence-electron chi connectivity index (χ4n) is 1.99. The zero-order valence-corrected chi connectivity index (χ0v) is 13.9. The van der Waals surface area contributed by atoms with Gasteiger partial charge in [0, 0.05) is 22.8 Å². The Morgan fingerprint density at radius 2 is 1.67 bits per heavy atom. The number of sulfonamides is 1. The second kappa shape index (κ2) is 7.17. The lowest BCUT2D eigenvalue weighted by Gasteiger charge is -2.07. The Morgan fingerprint density at radius 1 is 1.00 bits per heavy atom. The van der Waals surface area contributed by atoms with E-state index in [4.69, 9.17) is 0 Å². The van der Waals surface area contributed by atoms with Gasteiger partial charge in [0.2, 0.25) is 10.0 Å². The van der Waals surface area contributed by atoms with E-state index in [-0.39, 0.29) is 5.75 Å². The zero-order chi connectivity index (χ0) is 15.3. The maximum atomic E-state index is 12.1. The van der Waals surface area contributed by atoms with Gasteiger partial charge >= 0.3 is 0 Å². The van der Waals surface area contributed by atoms with Crippen molar-refractivity contribution in [3.8, 4) is 0 Å². The Labute approximate surface area is 130 Å². The van der Waals surface area contributed by atoms with Crippen molar-refractivity contribution in [3.05, 3.63) is 57.3 Å². The first kappa shape index (κ1) is 16.2. The number of thiophene rings is 1. The van der Waals surface area contributed by atoms with Crippen molar-refractivity contribution >= 4 is 21.4 Å². The average Bonchev–Trinajstić information content (AvgIpc) is 2.85. The lowest BCUT2D eigenvalue weighted by molar-refractivity contribution is 0.581. The number of nitrogens with one attached hydrogen (secondary N) is 2. The van der Waals surface area contributed by atoms with Crippen LogP contribution in [-0.4, -0.2) is 15.5 Å². The molecule has 2 aromatic rings.